The Kier molecular flexibility index (Phi) is 10.1. The summed E-state index contributed by atoms with van der Waals surface area (Å²) in [6.07, 6.45) is 2.07. The minimum absolute atomic E-state index is 0.0974. The van der Waals surface area contributed by atoms with Crippen molar-refractivity contribution in [3.05, 3.63) is 77.0 Å². The molecule has 11 nitrogen and oxygen atoms in total. The first-order valence-corrected chi connectivity index (χ1v) is 16.6. The zero-order chi connectivity index (χ0) is 32.3. The van der Waals surface area contributed by atoms with E-state index in [1.165, 1.54) is 10.2 Å². The number of benzene rings is 2. The molecule has 1 heterocycles. The second kappa shape index (κ2) is 12.9. The number of nitrogens with zero attached hydrogens (tertiary/aromatic N) is 1. The molecule has 1 aromatic heterocycles. The van der Waals surface area contributed by atoms with Crippen LogP contribution in [0.25, 0.3) is 10.9 Å². The summed E-state index contributed by atoms with van der Waals surface area (Å²) in [6.45, 7) is 10.4. The van der Waals surface area contributed by atoms with Gasteiger partial charge in [0.15, 0.2) is 0 Å². The third-order valence-electron chi connectivity index (χ3n) is 6.33. The van der Waals surface area contributed by atoms with Crippen LogP contribution in [0.3, 0.4) is 0 Å². The molecule has 0 fully saturated rings. The van der Waals surface area contributed by atoms with Crippen LogP contribution in [0.4, 0.5) is 4.79 Å². The standard InChI is InChI=1S/C30H38N2O9S2/c1-19-15-20(2)28(21(3)16-19)43(37,38)32-18-22(23-11-9-10-12-25(23)32)17-24(31-29(34)40-30(4,5)6)26(41-42(8,35)36)13-14-27(33)39-7/h9-16,18,24,26H,17H2,1-8H3,(H,31,34)/b14-13+/t24-,26-/m0/s1. The molecule has 0 radical (unpaired) electrons. The Morgan fingerprint density at radius 2 is 1.63 bits per heavy atom. The number of ether oxygens (including phenoxy) is 2. The van der Waals surface area contributed by atoms with Crippen LogP contribution in [0, 0.1) is 20.8 Å². The summed E-state index contributed by atoms with van der Waals surface area (Å²) in [6, 6.07) is 9.30. The van der Waals surface area contributed by atoms with Crippen molar-refractivity contribution in [1.82, 2.24) is 9.29 Å². The lowest BCUT2D eigenvalue weighted by Gasteiger charge is -2.27. The number of alkyl carbamates (subject to hydrolysis) is 1. The molecular formula is C30H38N2O9S2. The van der Waals surface area contributed by atoms with E-state index < -0.39 is 50.0 Å². The predicted molar refractivity (Wildman–Crippen MR) is 163 cm³/mol. The summed E-state index contributed by atoms with van der Waals surface area (Å²) in [4.78, 5) is 24.9. The number of amides is 1. The zero-order valence-electron chi connectivity index (χ0n) is 25.5. The molecule has 0 bridgehead atoms. The number of carbonyl (C=O) groups excluding carboxylic acids is 2. The fraction of sp³-hybridized carbons (Fsp3) is 0.400. The summed E-state index contributed by atoms with van der Waals surface area (Å²) in [5.41, 5.74) is 2.10. The smallest absolute Gasteiger partial charge is 0.407 e. The zero-order valence-corrected chi connectivity index (χ0v) is 27.1. The van der Waals surface area contributed by atoms with E-state index in [4.69, 9.17) is 8.92 Å². The molecule has 1 N–H and O–H groups in total. The summed E-state index contributed by atoms with van der Waals surface area (Å²) in [5, 5.41) is 3.20. The van der Waals surface area contributed by atoms with E-state index in [0.717, 1.165) is 31.1 Å². The molecule has 3 rings (SSSR count). The van der Waals surface area contributed by atoms with Gasteiger partial charge in [0, 0.05) is 17.7 Å². The Labute approximate surface area is 253 Å². The molecule has 13 heteroatoms. The van der Waals surface area contributed by atoms with Gasteiger partial charge in [0.05, 0.1) is 29.8 Å². The van der Waals surface area contributed by atoms with E-state index >= 15 is 0 Å². The van der Waals surface area contributed by atoms with Crippen LogP contribution >= 0.6 is 0 Å². The molecule has 0 aliphatic carbocycles. The molecule has 0 unspecified atom stereocenters. The Bertz CT molecular complexity index is 1740. The number of aryl methyl sites for hydroxylation is 3. The minimum atomic E-state index is -4.09. The number of nitrogens with one attached hydrogen (secondary N) is 1. The lowest BCUT2D eigenvalue weighted by Crippen LogP contribution is -2.47. The van der Waals surface area contributed by atoms with Crippen molar-refractivity contribution in [2.75, 3.05) is 13.4 Å². The van der Waals surface area contributed by atoms with Gasteiger partial charge in [0.1, 0.15) is 11.7 Å². The molecule has 0 aliphatic rings. The van der Waals surface area contributed by atoms with Crippen LogP contribution in [0.5, 0.6) is 0 Å². The second-order valence-corrected chi connectivity index (χ2v) is 14.7. The Morgan fingerprint density at radius 3 is 2.19 bits per heavy atom. The van der Waals surface area contributed by atoms with E-state index in [1.54, 1.807) is 71.0 Å². The van der Waals surface area contributed by atoms with Crippen LogP contribution in [-0.4, -0.2) is 64.0 Å². The molecule has 3 aromatic rings. The number of methoxy groups -OCH3 is 1. The quantitative estimate of drug-likeness (QED) is 0.196. The number of esters is 1. The molecule has 2 atom stereocenters. The topological polar surface area (TPSA) is 147 Å². The largest absolute Gasteiger partial charge is 0.466 e. The summed E-state index contributed by atoms with van der Waals surface area (Å²) < 4.78 is 69.1. The fourth-order valence-electron chi connectivity index (χ4n) is 4.87. The molecule has 0 saturated carbocycles. The van der Waals surface area contributed by atoms with Crippen LogP contribution in [0.15, 0.2) is 59.6 Å². The number of hydrogen-bond donors (Lipinski definition) is 1. The first-order chi connectivity index (χ1) is 19.8. The van der Waals surface area contributed by atoms with E-state index in [1.807, 2.05) is 6.92 Å². The normalized spacial score (nSPS) is 14.0. The van der Waals surface area contributed by atoms with Crippen molar-refractivity contribution < 1.29 is 40.1 Å². The van der Waals surface area contributed by atoms with Crippen molar-refractivity contribution in [3.63, 3.8) is 0 Å². The first kappa shape index (κ1) is 33.8. The highest BCUT2D eigenvalue weighted by Gasteiger charge is 2.31. The van der Waals surface area contributed by atoms with E-state index in [2.05, 4.69) is 10.1 Å². The average molecular weight is 635 g/mol. The number of aromatic nitrogens is 1. The number of fused-ring (bicyclic) bond motifs is 1. The monoisotopic (exact) mass is 634 g/mol. The van der Waals surface area contributed by atoms with Crippen molar-refractivity contribution in [2.24, 2.45) is 0 Å². The van der Waals surface area contributed by atoms with E-state index in [9.17, 15) is 26.4 Å². The van der Waals surface area contributed by atoms with Crippen LogP contribution < -0.4 is 5.32 Å². The van der Waals surface area contributed by atoms with E-state index in [0.29, 0.717) is 27.6 Å². The number of rotatable bonds is 10. The van der Waals surface area contributed by atoms with Gasteiger partial charge in [-0.15, -0.1) is 0 Å². The highest BCUT2D eigenvalue weighted by molar-refractivity contribution is 7.90. The van der Waals surface area contributed by atoms with Gasteiger partial charge in [-0.2, -0.15) is 8.42 Å². The molecule has 1 amide bonds. The lowest BCUT2D eigenvalue weighted by atomic mass is 10.0. The maximum atomic E-state index is 14.1. The maximum absolute atomic E-state index is 14.1. The number of hydrogen-bond acceptors (Lipinski definition) is 9. The Balaban J connectivity index is 2.20. The van der Waals surface area contributed by atoms with Crippen molar-refractivity contribution in [1.29, 1.82) is 0 Å². The van der Waals surface area contributed by atoms with Gasteiger partial charge in [-0.05, 0) is 76.8 Å². The highest BCUT2D eigenvalue weighted by Crippen LogP contribution is 2.31. The SMILES string of the molecule is COC(=O)/C=C/[C@H](OS(C)(=O)=O)[C@H](Cc1cn(S(=O)(=O)c2c(C)cc(C)cc2C)c2ccccc12)NC(=O)OC(C)(C)C. The van der Waals surface area contributed by atoms with Gasteiger partial charge in [0.2, 0.25) is 0 Å². The molecule has 0 saturated heterocycles. The van der Waals surface area contributed by atoms with Crippen LogP contribution in [0.1, 0.15) is 43.0 Å². The maximum Gasteiger partial charge on any atom is 0.407 e. The number of carbonyl (C=O) groups is 2. The lowest BCUT2D eigenvalue weighted by molar-refractivity contribution is -0.134. The molecular weight excluding hydrogens is 596 g/mol. The molecule has 0 spiro atoms. The van der Waals surface area contributed by atoms with Gasteiger partial charge in [-0.3, -0.25) is 4.18 Å². The summed E-state index contributed by atoms with van der Waals surface area (Å²) in [5.74, 6) is -0.773. The van der Waals surface area contributed by atoms with Crippen molar-refractivity contribution in [2.45, 2.75) is 70.6 Å². The summed E-state index contributed by atoms with van der Waals surface area (Å²) >= 11 is 0. The second-order valence-electron chi connectivity index (χ2n) is 11.3. The Morgan fingerprint density at radius 1 is 1.02 bits per heavy atom. The molecule has 0 aliphatic heterocycles. The van der Waals surface area contributed by atoms with Gasteiger partial charge < -0.3 is 14.8 Å². The van der Waals surface area contributed by atoms with Gasteiger partial charge in [-0.1, -0.05) is 35.9 Å². The van der Waals surface area contributed by atoms with Gasteiger partial charge in [0.25, 0.3) is 20.1 Å². The highest BCUT2D eigenvalue weighted by atomic mass is 32.2. The van der Waals surface area contributed by atoms with Crippen LogP contribution in [0.2, 0.25) is 0 Å². The predicted octanol–water partition coefficient (Wildman–Crippen LogP) is 4.31. The van der Waals surface area contributed by atoms with Crippen molar-refractivity contribution in [3.8, 4) is 0 Å². The third kappa shape index (κ3) is 8.68. The van der Waals surface area contributed by atoms with Gasteiger partial charge >= 0.3 is 12.1 Å². The minimum Gasteiger partial charge on any atom is -0.466 e. The van der Waals surface area contributed by atoms with Crippen LogP contribution in [-0.2, 0) is 45.0 Å². The Hall–Kier alpha value is -3.68. The third-order valence-corrected chi connectivity index (χ3v) is 8.88. The summed E-state index contributed by atoms with van der Waals surface area (Å²) in [7, 11) is -7.01. The number of para-hydroxylation sites is 1. The fourth-order valence-corrected chi connectivity index (χ4v) is 7.29. The first-order valence-electron chi connectivity index (χ1n) is 13.4. The molecule has 43 heavy (non-hydrogen) atoms. The van der Waals surface area contributed by atoms with Crippen molar-refractivity contribution >= 4 is 43.1 Å². The van der Waals surface area contributed by atoms with E-state index in [-0.39, 0.29) is 11.3 Å². The molecule has 2 aromatic carbocycles. The average Bonchev–Trinajstić information content (AvgIpc) is 3.22. The van der Waals surface area contributed by atoms with Gasteiger partial charge in [-0.25, -0.2) is 22.0 Å². The molecule has 234 valence electrons.